The van der Waals surface area contributed by atoms with E-state index in [2.05, 4.69) is 39.8 Å². The number of imidazole rings is 1. The molecule has 2 saturated heterocycles. The van der Waals surface area contributed by atoms with Gasteiger partial charge in [0.05, 0.1) is 23.1 Å². The summed E-state index contributed by atoms with van der Waals surface area (Å²) in [6, 6.07) is 6.23. The number of H-pyrrole nitrogens is 1. The highest BCUT2D eigenvalue weighted by Crippen LogP contribution is 2.33. The van der Waals surface area contributed by atoms with Crippen LogP contribution in [0.1, 0.15) is 51.3 Å². The number of aromatic nitrogens is 2. The molecule has 2 aromatic rings. The van der Waals surface area contributed by atoms with Crippen molar-refractivity contribution in [3.05, 3.63) is 24.0 Å². The van der Waals surface area contributed by atoms with E-state index in [-0.39, 0.29) is 24.0 Å². The van der Waals surface area contributed by atoms with Crippen molar-refractivity contribution in [3.63, 3.8) is 0 Å². The number of nitrogens with one attached hydrogen (secondary N) is 4. The first-order valence-electron chi connectivity index (χ1n) is 9.98. The molecule has 3 amide bonds. The molecule has 2 fully saturated rings. The molecule has 8 heteroatoms. The van der Waals surface area contributed by atoms with Crippen LogP contribution in [0.5, 0.6) is 0 Å². The Morgan fingerprint density at radius 1 is 1.32 bits per heavy atom. The number of carbonyl (C=O) groups excluding carboxylic acids is 2. The molecule has 28 heavy (non-hydrogen) atoms. The summed E-state index contributed by atoms with van der Waals surface area (Å²) >= 11 is 1.92. The van der Waals surface area contributed by atoms with Gasteiger partial charge in [-0.05, 0) is 31.0 Å². The molecule has 0 spiro atoms. The Morgan fingerprint density at radius 3 is 3.00 bits per heavy atom. The van der Waals surface area contributed by atoms with Gasteiger partial charge < -0.3 is 20.9 Å². The number of unbranched alkanes of at least 4 members (excludes halogenated alkanes) is 1. The second-order valence-electron chi connectivity index (χ2n) is 7.92. The van der Waals surface area contributed by atoms with Crippen LogP contribution in [0.2, 0.25) is 0 Å². The summed E-state index contributed by atoms with van der Waals surface area (Å²) in [6.07, 6.45) is 3.38. The molecule has 3 heterocycles. The summed E-state index contributed by atoms with van der Waals surface area (Å²) in [5.41, 5.74) is 2.66. The lowest BCUT2D eigenvalue weighted by molar-refractivity contribution is -0.116. The molecular weight excluding hydrogens is 374 g/mol. The predicted octanol–water partition coefficient (Wildman–Crippen LogP) is 3.35. The molecule has 0 radical (unpaired) electrons. The number of nitrogens with zero attached hydrogens (tertiary/aromatic N) is 1. The van der Waals surface area contributed by atoms with Crippen molar-refractivity contribution in [2.24, 2.45) is 0 Å². The van der Waals surface area contributed by atoms with Crippen LogP contribution < -0.4 is 16.0 Å². The normalized spacial score (nSPS) is 23.7. The van der Waals surface area contributed by atoms with Crippen LogP contribution in [-0.4, -0.2) is 45.0 Å². The zero-order valence-electron chi connectivity index (χ0n) is 16.2. The summed E-state index contributed by atoms with van der Waals surface area (Å²) in [7, 11) is 0. The average Bonchev–Trinajstić information content (AvgIpc) is 3.32. The summed E-state index contributed by atoms with van der Waals surface area (Å²) in [5, 5.41) is 9.41. The van der Waals surface area contributed by atoms with Crippen LogP contribution in [-0.2, 0) is 4.79 Å². The maximum absolute atomic E-state index is 12.3. The van der Waals surface area contributed by atoms with E-state index < -0.39 is 0 Å². The van der Waals surface area contributed by atoms with Crippen molar-refractivity contribution in [3.8, 4) is 0 Å². The lowest BCUT2D eigenvalue weighted by atomic mass is 10.0. The second kappa shape index (κ2) is 8.03. The molecule has 4 N–H and O–H groups in total. The third-order valence-corrected chi connectivity index (χ3v) is 6.92. The Kier molecular flexibility index (Phi) is 5.48. The highest BCUT2D eigenvalue weighted by atomic mass is 32.2. The maximum atomic E-state index is 12.3. The number of rotatable bonds is 7. The topological polar surface area (TPSA) is 98.9 Å². The molecule has 0 aliphatic carbocycles. The van der Waals surface area contributed by atoms with Crippen LogP contribution in [0.4, 0.5) is 10.5 Å². The number of thioether (sulfide) groups is 1. The third-order valence-electron chi connectivity index (χ3n) is 5.41. The number of amides is 3. The smallest absolute Gasteiger partial charge is 0.315 e. The first-order chi connectivity index (χ1) is 13.5. The number of urea groups is 1. The Morgan fingerprint density at radius 2 is 2.18 bits per heavy atom. The Balaban J connectivity index is 1.22. The van der Waals surface area contributed by atoms with Gasteiger partial charge in [-0.25, -0.2) is 9.78 Å². The Hall–Kier alpha value is -2.22. The van der Waals surface area contributed by atoms with Crippen LogP contribution in [0, 0.1) is 0 Å². The number of fused-ring (bicyclic) bond motifs is 2. The number of aromatic amines is 1. The fourth-order valence-electron chi connectivity index (χ4n) is 3.88. The van der Waals surface area contributed by atoms with Crippen molar-refractivity contribution >= 4 is 40.4 Å². The molecule has 3 unspecified atom stereocenters. The van der Waals surface area contributed by atoms with Crippen molar-refractivity contribution in [1.29, 1.82) is 0 Å². The standard InChI is InChI=1S/C20H27N5O2S/c1-11(2)19-22-13-8-7-12(9-14(13)23-19)21-17(26)6-4-3-5-16-18-15(10-28-16)24-20(27)25-18/h7-9,11,15-16,18H,3-6,10H2,1-2H3,(H,21,26)(H,22,23)(H2,24,25,27). The summed E-state index contributed by atoms with van der Waals surface area (Å²) < 4.78 is 0. The zero-order valence-corrected chi connectivity index (χ0v) is 17.1. The number of hydrogen-bond donors (Lipinski definition) is 4. The lowest BCUT2D eigenvalue weighted by Crippen LogP contribution is -2.36. The van der Waals surface area contributed by atoms with Crippen LogP contribution in [0.3, 0.4) is 0 Å². The molecule has 7 nitrogen and oxygen atoms in total. The quantitative estimate of drug-likeness (QED) is 0.422. The number of anilines is 1. The van der Waals surface area contributed by atoms with E-state index in [1.165, 1.54) is 0 Å². The number of benzene rings is 1. The molecule has 1 aromatic carbocycles. The molecule has 2 aliphatic rings. The van der Waals surface area contributed by atoms with Gasteiger partial charge in [0.25, 0.3) is 0 Å². The highest BCUT2D eigenvalue weighted by Gasteiger charge is 2.42. The first kappa shape index (κ1) is 19.1. The fourth-order valence-corrected chi connectivity index (χ4v) is 5.42. The average molecular weight is 402 g/mol. The third kappa shape index (κ3) is 4.11. The van der Waals surface area contributed by atoms with Gasteiger partial charge in [0.2, 0.25) is 5.91 Å². The van der Waals surface area contributed by atoms with E-state index in [9.17, 15) is 9.59 Å². The van der Waals surface area contributed by atoms with Crippen LogP contribution >= 0.6 is 11.8 Å². The lowest BCUT2D eigenvalue weighted by Gasteiger charge is -2.16. The zero-order chi connectivity index (χ0) is 19.7. The maximum Gasteiger partial charge on any atom is 0.315 e. The Labute approximate surface area is 168 Å². The summed E-state index contributed by atoms with van der Waals surface area (Å²) in [5.74, 6) is 2.31. The molecule has 0 saturated carbocycles. The van der Waals surface area contributed by atoms with Gasteiger partial charge in [-0.2, -0.15) is 11.8 Å². The SMILES string of the molecule is CC(C)c1nc2ccc(NC(=O)CCCCC3SCC4NC(=O)NC43)cc2[nH]1. The highest BCUT2D eigenvalue weighted by molar-refractivity contribution is 8.00. The second-order valence-corrected chi connectivity index (χ2v) is 9.20. The van der Waals surface area contributed by atoms with Crippen molar-refractivity contribution < 1.29 is 9.59 Å². The van der Waals surface area contributed by atoms with Crippen LogP contribution in [0.15, 0.2) is 18.2 Å². The van der Waals surface area contributed by atoms with Crippen molar-refractivity contribution in [1.82, 2.24) is 20.6 Å². The number of carbonyl (C=O) groups is 2. The fraction of sp³-hybridized carbons (Fsp3) is 0.550. The predicted molar refractivity (Wildman–Crippen MR) is 113 cm³/mol. The molecule has 3 atom stereocenters. The van der Waals surface area contributed by atoms with E-state index in [0.29, 0.717) is 17.6 Å². The van der Waals surface area contributed by atoms with Gasteiger partial charge in [-0.3, -0.25) is 4.79 Å². The van der Waals surface area contributed by atoms with Gasteiger partial charge in [0.15, 0.2) is 0 Å². The van der Waals surface area contributed by atoms with Gasteiger partial charge in [-0.15, -0.1) is 0 Å². The van der Waals surface area contributed by atoms with E-state index in [1.807, 2.05) is 30.0 Å². The van der Waals surface area contributed by atoms with E-state index >= 15 is 0 Å². The first-order valence-corrected chi connectivity index (χ1v) is 11.0. The minimum Gasteiger partial charge on any atom is -0.342 e. The van der Waals surface area contributed by atoms with Crippen molar-refractivity contribution in [2.75, 3.05) is 11.1 Å². The molecule has 2 aliphatic heterocycles. The van der Waals surface area contributed by atoms with Gasteiger partial charge >= 0.3 is 6.03 Å². The summed E-state index contributed by atoms with van der Waals surface area (Å²) in [4.78, 5) is 31.6. The molecule has 0 bridgehead atoms. The summed E-state index contributed by atoms with van der Waals surface area (Å²) in [6.45, 7) is 4.20. The number of hydrogen-bond acceptors (Lipinski definition) is 4. The van der Waals surface area contributed by atoms with Gasteiger partial charge in [-0.1, -0.05) is 20.3 Å². The minimum atomic E-state index is -0.0468. The molecule has 150 valence electrons. The molecular formula is C20H27N5O2S. The Bertz CT molecular complexity index is 881. The molecule has 4 rings (SSSR count). The monoisotopic (exact) mass is 401 g/mol. The van der Waals surface area contributed by atoms with E-state index in [0.717, 1.165) is 47.6 Å². The minimum absolute atomic E-state index is 0.0377. The van der Waals surface area contributed by atoms with E-state index in [1.54, 1.807) is 0 Å². The molecule has 1 aromatic heterocycles. The van der Waals surface area contributed by atoms with Crippen LogP contribution in [0.25, 0.3) is 11.0 Å². The van der Waals surface area contributed by atoms with E-state index in [4.69, 9.17) is 0 Å². The van der Waals surface area contributed by atoms with Gasteiger partial charge in [0.1, 0.15) is 5.82 Å². The largest absolute Gasteiger partial charge is 0.342 e. The van der Waals surface area contributed by atoms with Gasteiger partial charge in [0, 0.05) is 29.0 Å². The van der Waals surface area contributed by atoms with Crippen molar-refractivity contribution in [2.45, 2.75) is 62.8 Å².